The number of thiophene rings is 1. The van der Waals surface area contributed by atoms with Crippen LogP contribution in [0.2, 0.25) is 0 Å². The smallest absolute Gasteiger partial charge is 0.339 e. The van der Waals surface area contributed by atoms with Gasteiger partial charge in [0, 0.05) is 10.6 Å². The van der Waals surface area contributed by atoms with E-state index in [1.54, 1.807) is 31.3 Å². The molecule has 0 spiro atoms. The minimum Gasteiger partial charge on any atom is -0.449 e. The first-order valence-corrected chi connectivity index (χ1v) is 8.58. The standard InChI is InChI=1S/C17H17N3O4S/c1-9-7-13(14-10(2)20-24-16(14)19-9)17(22)23-11(3)15(21)18-8-12-5-4-6-25-12/h4-7,11H,8H2,1-3H3,(H,18,21)/t11-/m1/s1. The number of esters is 1. The Morgan fingerprint density at radius 3 is 2.92 bits per heavy atom. The number of aromatic nitrogens is 2. The molecule has 0 aliphatic carbocycles. The molecule has 1 N–H and O–H groups in total. The van der Waals surface area contributed by atoms with Gasteiger partial charge in [0.25, 0.3) is 11.6 Å². The van der Waals surface area contributed by atoms with Crippen molar-refractivity contribution in [3.05, 3.63) is 45.4 Å². The summed E-state index contributed by atoms with van der Waals surface area (Å²) in [5.74, 6) is -0.966. The highest BCUT2D eigenvalue weighted by molar-refractivity contribution is 7.09. The van der Waals surface area contributed by atoms with Crippen LogP contribution in [0.15, 0.2) is 28.1 Å². The SMILES string of the molecule is Cc1cc(C(=O)O[C@H](C)C(=O)NCc2cccs2)c2c(C)noc2n1. The maximum absolute atomic E-state index is 12.5. The third kappa shape index (κ3) is 3.69. The first-order valence-electron chi connectivity index (χ1n) is 7.70. The second-order valence-corrected chi connectivity index (χ2v) is 6.64. The lowest BCUT2D eigenvalue weighted by atomic mass is 10.1. The largest absolute Gasteiger partial charge is 0.449 e. The minimum atomic E-state index is -0.920. The van der Waals surface area contributed by atoms with E-state index in [9.17, 15) is 9.59 Å². The summed E-state index contributed by atoms with van der Waals surface area (Å²) in [5, 5.41) is 9.01. The molecule has 25 heavy (non-hydrogen) atoms. The van der Waals surface area contributed by atoms with Crippen LogP contribution in [0, 0.1) is 13.8 Å². The molecule has 0 unspecified atom stereocenters. The normalized spacial score (nSPS) is 12.1. The summed E-state index contributed by atoms with van der Waals surface area (Å²) in [4.78, 5) is 29.9. The summed E-state index contributed by atoms with van der Waals surface area (Å²) in [6.07, 6.45) is -0.920. The molecule has 8 heteroatoms. The monoisotopic (exact) mass is 359 g/mol. The lowest BCUT2D eigenvalue weighted by Gasteiger charge is -2.13. The first-order chi connectivity index (χ1) is 12.0. The molecule has 3 aromatic rings. The summed E-state index contributed by atoms with van der Waals surface area (Å²) < 4.78 is 10.4. The maximum atomic E-state index is 12.5. The second-order valence-electron chi connectivity index (χ2n) is 5.60. The Morgan fingerprint density at radius 2 is 2.20 bits per heavy atom. The molecule has 0 aliphatic heterocycles. The Kier molecular flexibility index (Phi) is 4.80. The number of nitrogens with one attached hydrogen (secondary N) is 1. The van der Waals surface area contributed by atoms with Crippen molar-refractivity contribution in [2.75, 3.05) is 0 Å². The lowest BCUT2D eigenvalue weighted by molar-refractivity contribution is -0.129. The van der Waals surface area contributed by atoms with Crippen molar-refractivity contribution in [3.63, 3.8) is 0 Å². The van der Waals surface area contributed by atoms with Crippen LogP contribution in [0.4, 0.5) is 0 Å². The van der Waals surface area contributed by atoms with Gasteiger partial charge in [0.05, 0.1) is 23.2 Å². The number of carbonyl (C=O) groups is 2. The Bertz CT molecular complexity index is 918. The van der Waals surface area contributed by atoms with Gasteiger partial charge in [0.2, 0.25) is 0 Å². The summed E-state index contributed by atoms with van der Waals surface area (Å²) in [6.45, 7) is 5.40. The minimum absolute atomic E-state index is 0.277. The highest BCUT2D eigenvalue weighted by Gasteiger charge is 2.23. The van der Waals surface area contributed by atoms with E-state index in [0.717, 1.165) is 4.88 Å². The highest BCUT2D eigenvalue weighted by Crippen LogP contribution is 2.23. The molecule has 0 bridgehead atoms. The van der Waals surface area contributed by atoms with Gasteiger partial charge >= 0.3 is 5.97 Å². The molecule has 3 rings (SSSR count). The van der Waals surface area contributed by atoms with Gasteiger partial charge in [0.15, 0.2) is 6.10 Å². The van der Waals surface area contributed by atoms with Gasteiger partial charge in [-0.25, -0.2) is 9.78 Å². The number of pyridine rings is 1. The fourth-order valence-electron chi connectivity index (χ4n) is 2.39. The number of hydrogen-bond donors (Lipinski definition) is 1. The summed E-state index contributed by atoms with van der Waals surface area (Å²) >= 11 is 1.55. The van der Waals surface area contributed by atoms with Crippen LogP contribution in [-0.4, -0.2) is 28.1 Å². The van der Waals surface area contributed by atoms with E-state index in [4.69, 9.17) is 9.26 Å². The van der Waals surface area contributed by atoms with Crippen molar-refractivity contribution in [2.24, 2.45) is 0 Å². The fourth-order valence-corrected chi connectivity index (χ4v) is 3.03. The molecule has 0 aromatic carbocycles. The molecule has 7 nitrogen and oxygen atoms in total. The predicted molar refractivity (Wildman–Crippen MR) is 92.3 cm³/mol. The van der Waals surface area contributed by atoms with E-state index in [1.165, 1.54) is 6.92 Å². The number of amides is 1. The van der Waals surface area contributed by atoms with Gasteiger partial charge in [-0.2, -0.15) is 0 Å². The average molecular weight is 359 g/mol. The summed E-state index contributed by atoms with van der Waals surface area (Å²) in [5.41, 5.74) is 1.72. The molecule has 3 aromatic heterocycles. The number of aryl methyl sites for hydroxylation is 2. The van der Waals surface area contributed by atoms with Gasteiger partial charge in [0.1, 0.15) is 0 Å². The Balaban J connectivity index is 1.71. The van der Waals surface area contributed by atoms with E-state index in [0.29, 0.717) is 28.9 Å². The van der Waals surface area contributed by atoms with Crippen molar-refractivity contribution in [1.29, 1.82) is 0 Å². The molecule has 0 saturated carbocycles. The Labute approximate surface area is 148 Å². The Hall–Kier alpha value is -2.74. The molecule has 0 aliphatic rings. The van der Waals surface area contributed by atoms with E-state index < -0.39 is 12.1 Å². The van der Waals surface area contributed by atoms with Crippen molar-refractivity contribution >= 4 is 34.3 Å². The lowest BCUT2D eigenvalue weighted by Crippen LogP contribution is -2.35. The molecular formula is C17H17N3O4S. The van der Waals surface area contributed by atoms with E-state index >= 15 is 0 Å². The number of hydrogen-bond acceptors (Lipinski definition) is 7. The van der Waals surface area contributed by atoms with Crippen molar-refractivity contribution in [3.8, 4) is 0 Å². The van der Waals surface area contributed by atoms with Crippen LogP contribution >= 0.6 is 11.3 Å². The summed E-state index contributed by atoms with van der Waals surface area (Å²) in [6, 6.07) is 5.44. The van der Waals surface area contributed by atoms with Crippen LogP contribution in [0.25, 0.3) is 11.1 Å². The quantitative estimate of drug-likeness (QED) is 0.704. The van der Waals surface area contributed by atoms with Gasteiger partial charge < -0.3 is 14.6 Å². The average Bonchev–Trinajstić information content (AvgIpc) is 3.22. The van der Waals surface area contributed by atoms with Crippen molar-refractivity contribution in [2.45, 2.75) is 33.4 Å². The third-order valence-electron chi connectivity index (χ3n) is 3.64. The number of ether oxygens (including phenoxy) is 1. The van der Waals surface area contributed by atoms with Crippen LogP contribution in [0.5, 0.6) is 0 Å². The number of nitrogens with zero attached hydrogens (tertiary/aromatic N) is 2. The van der Waals surface area contributed by atoms with Crippen LogP contribution < -0.4 is 5.32 Å². The van der Waals surface area contributed by atoms with Crippen molar-refractivity contribution in [1.82, 2.24) is 15.5 Å². The van der Waals surface area contributed by atoms with Crippen LogP contribution in [0.3, 0.4) is 0 Å². The number of rotatable bonds is 5. The molecule has 0 fully saturated rings. The van der Waals surface area contributed by atoms with Crippen molar-refractivity contribution < 1.29 is 18.8 Å². The first kappa shape index (κ1) is 17.1. The van der Waals surface area contributed by atoms with E-state index in [1.807, 2.05) is 17.5 Å². The molecule has 130 valence electrons. The molecular weight excluding hydrogens is 342 g/mol. The van der Waals surface area contributed by atoms with Gasteiger partial charge in [-0.3, -0.25) is 4.79 Å². The Morgan fingerprint density at radius 1 is 1.40 bits per heavy atom. The summed E-state index contributed by atoms with van der Waals surface area (Å²) in [7, 11) is 0. The predicted octanol–water partition coefficient (Wildman–Crippen LogP) is 2.76. The molecule has 1 atom stereocenters. The topological polar surface area (TPSA) is 94.3 Å². The molecule has 1 amide bonds. The fraction of sp³-hybridized carbons (Fsp3) is 0.294. The second kappa shape index (κ2) is 7.02. The number of fused-ring (bicyclic) bond motifs is 1. The van der Waals surface area contributed by atoms with Crippen LogP contribution in [0.1, 0.15) is 33.5 Å². The molecule has 3 heterocycles. The zero-order valence-corrected chi connectivity index (χ0v) is 14.8. The maximum Gasteiger partial charge on any atom is 0.339 e. The van der Waals surface area contributed by atoms with E-state index in [-0.39, 0.29) is 11.6 Å². The zero-order chi connectivity index (χ0) is 18.0. The van der Waals surface area contributed by atoms with Gasteiger partial charge in [-0.15, -0.1) is 11.3 Å². The molecule has 0 radical (unpaired) electrons. The molecule has 0 saturated heterocycles. The highest BCUT2D eigenvalue weighted by atomic mass is 32.1. The number of carbonyl (C=O) groups excluding carboxylic acids is 2. The van der Waals surface area contributed by atoms with Gasteiger partial charge in [-0.05, 0) is 38.3 Å². The van der Waals surface area contributed by atoms with Crippen LogP contribution in [-0.2, 0) is 16.1 Å². The zero-order valence-electron chi connectivity index (χ0n) is 14.0. The van der Waals surface area contributed by atoms with Gasteiger partial charge in [-0.1, -0.05) is 11.2 Å². The van der Waals surface area contributed by atoms with E-state index in [2.05, 4.69) is 15.5 Å². The third-order valence-corrected chi connectivity index (χ3v) is 4.51.